The standard InChI is InChI=1S/C31H49O3P/c1-19-15-21(28(3,4)5)17-23(30(9,10)11)25(19)27(34-35(32)33)26-20(2)16-22(29(6,7)8)18-24(26)31(12,13)14/h15-18,27,32-33H,1-14H3. The third kappa shape index (κ3) is 6.95. The van der Waals surface area contributed by atoms with Crippen LogP contribution in [-0.4, -0.2) is 9.79 Å². The van der Waals surface area contributed by atoms with Gasteiger partial charge in [0.25, 0.3) is 0 Å². The minimum atomic E-state index is -2.57. The van der Waals surface area contributed by atoms with Gasteiger partial charge in [0, 0.05) is 0 Å². The number of benzene rings is 2. The summed E-state index contributed by atoms with van der Waals surface area (Å²) >= 11 is 0. The van der Waals surface area contributed by atoms with Gasteiger partial charge in [-0.25, -0.2) is 0 Å². The molecule has 0 aromatic heterocycles. The Balaban J connectivity index is 3.05. The van der Waals surface area contributed by atoms with Crippen molar-refractivity contribution in [2.24, 2.45) is 0 Å². The van der Waals surface area contributed by atoms with Gasteiger partial charge in [-0.1, -0.05) is 107 Å². The van der Waals surface area contributed by atoms with Gasteiger partial charge in [0.05, 0.1) is 0 Å². The smallest absolute Gasteiger partial charge is 0.327 e. The SMILES string of the molecule is Cc1cc(C(C)(C)C)cc(C(C)(C)C)c1C(OP(O)O)c1c(C)cc(C(C)(C)C)cc1C(C)(C)C. The highest BCUT2D eigenvalue weighted by atomic mass is 31.2. The van der Waals surface area contributed by atoms with Crippen molar-refractivity contribution in [3.05, 3.63) is 68.8 Å². The molecule has 4 heteroatoms. The van der Waals surface area contributed by atoms with Gasteiger partial charge in [-0.3, -0.25) is 4.52 Å². The van der Waals surface area contributed by atoms with Crippen LogP contribution < -0.4 is 0 Å². The number of hydrogen-bond donors (Lipinski definition) is 2. The summed E-state index contributed by atoms with van der Waals surface area (Å²) in [6, 6.07) is 9.08. The summed E-state index contributed by atoms with van der Waals surface area (Å²) in [7, 11) is -2.57. The monoisotopic (exact) mass is 500 g/mol. The molecule has 0 saturated heterocycles. The third-order valence-electron chi connectivity index (χ3n) is 6.85. The first-order valence-corrected chi connectivity index (χ1v) is 13.9. The molecule has 0 saturated carbocycles. The first-order valence-electron chi connectivity index (χ1n) is 12.7. The molecule has 196 valence electrons. The van der Waals surface area contributed by atoms with E-state index in [9.17, 15) is 9.79 Å². The summed E-state index contributed by atoms with van der Waals surface area (Å²) < 4.78 is 6.08. The zero-order chi connectivity index (χ0) is 27.3. The van der Waals surface area contributed by atoms with Gasteiger partial charge in [-0.2, -0.15) is 0 Å². The summed E-state index contributed by atoms with van der Waals surface area (Å²) in [5.41, 5.74) is 8.91. The highest BCUT2D eigenvalue weighted by Crippen LogP contribution is 2.48. The van der Waals surface area contributed by atoms with Crippen molar-refractivity contribution in [2.45, 2.75) is 125 Å². The second-order valence-corrected chi connectivity index (χ2v) is 15.0. The Bertz CT molecular complexity index is 974. The molecule has 0 aliphatic heterocycles. The Morgan fingerprint density at radius 3 is 1.11 bits per heavy atom. The van der Waals surface area contributed by atoms with Crippen LogP contribution in [0.5, 0.6) is 0 Å². The van der Waals surface area contributed by atoms with Crippen molar-refractivity contribution in [1.82, 2.24) is 0 Å². The molecule has 2 N–H and O–H groups in total. The molecule has 3 nitrogen and oxygen atoms in total. The average molecular weight is 501 g/mol. The normalized spacial score (nSPS) is 13.8. The van der Waals surface area contributed by atoms with Crippen LogP contribution >= 0.6 is 8.60 Å². The predicted octanol–water partition coefficient (Wildman–Crippen LogP) is 8.81. The molecule has 0 heterocycles. The molecule has 0 fully saturated rings. The van der Waals surface area contributed by atoms with Crippen LogP contribution in [-0.2, 0) is 26.2 Å². The minimum absolute atomic E-state index is 0.00105. The van der Waals surface area contributed by atoms with E-state index in [1.54, 1.807) is 0 Å². The molecule has 0 atom stereocenters. The van der Waals surface area contributed by atoms with Gasteiger partial charge in [-0.15, -0.1) is 0 Å². The second kappa shape index (κ2) is 9.90. The van der Waals surface area contributed by atoms with E-state index in [0.29, 0.717) is 0 Å². The Morgan fingerprint density at radius 1 is 0.571 bits per heavy atom. The summed E-state index contributed by atoms with van der Waals surface area (Å²) in [6.45, 7) is 31.0. The molecule has 2 aromatic rings. The van der Waals surface area contributed by atoms with Crippen molar-refractivity contribution in [1.29, 1.82) is 0 Å². The molecule has 0 unspecified atom stereocenters. The van der Waals surface area contributed by atoms with Crippen molar-refractivity contribution < 1.29 is 14.3 Å². The lowest BCUT2D eigenvalue weighted by molar-refractivity contribution is 0.199. The average Bonchev–Trinajstić information content (AvgIpc) is 2.62. The van der Waals surface area contributed by atoms with Gasteiger partial charge in [0.1, 0.15) is 6.10 Å². The molecular weight excluding hydrogens is 451 g/mol. The van der Waals surface area contributed by atoms with E-state index in [0.717, 1.165) is 22.3 Å². The van der Waals surface area contributed by atoms with E-state index < -0.39 is 14.7 Å². The van der Waals surface area contributed by atoms with Crippen LogP contribution in [0.2, 0.25) is 0 Å². The topological polar surface area (TPSA) is 49.7 Å². The molecule has 2 aromatic carbocycles. The predicted molar refractivity (Wildman–Crippen MR) is 151 cm³/mol. The zero-order valence-corrected chi connectivity index (χ0v) is 25.5. The van der Waals surface area contributed by atoms with E-state index >= 15 is 0 Å². The molecule has 0 aliphatic carbocycles. The first kappa shape index (κ1) is 30.0. The van der Waals surface area contributed by atoms with E-state index in [4.69, 9.17) is 4.52 Å². The van der Waals surface area contributed by atoms with Crippen molar-refractivity contribution >= 4 is 8.60 Å². The Morgan fingerprint density at radius 2 is 0.886 bits per heavy atom. The molecule has 2 rings (SSSR count). The first-order chi connectivity index (χ1) is 15.5. The lowest BCUT2D eigenvalue weighted by atomic mass is 9.72. The van der Waals surface area contributed by atoms with Gasteiger partial charge in [0.2, 0.25) is 0 Å². The van der Waals surface area contributed by atoms with Crippen LogP contribution in [0.3, 0.4) is 0 Å². The maximum absolute atomic E-state index is 10.2. The van der Waals surface area contributed by atoms with Gasteiger partial charge in [-0.05, 0) is 80.0 Å². The van der Waals surface area contributed by atoms with E-state index in [1.165, 1.54) is 22.3 Å². The van der Waals surface area contributed by atoms with Crippen LogP contribution in [0.1, 0.15) is 134 Å². The molecule has 0 spiro atoms. The fourth-order valence-corrected chi connectivity index (χ4v) is 5.14. The lowest BCUT2D eigenvalue weighted by Gasteiger charge is -2.36. The van der Waals surface area contributed by atoms with E-state index in [2.05, 4.69) is 121 Å². The molecule has 0 bridgehead atoms. The Labute approximate surface area is 216 Å². The second-order valence-electron chi connectivity index (χ2n) is 14.2. The van der Waals surface area contributed by atoms with Crippen LogP contribution in [0, 0.1) is 13.8 Å². The summed E-state index contributed by atoms with van der Waals surface area (Å²) in [6.07, 6.45) is -0.581. The minimum Gasteiger partial charge on any atom is -0.328 e. The number of aryl methyl sites for hydroxylation is 2. The van der Waals surface area contributed by atoms with Crippen molar-refractivity contribution in [2.75, 3.05) is 0 Å². The highest BCUT2D eigenvalue weighted by molar-refractivity contribution is 7.39. The summed E-state index contributed by atoms with van der Waals surface area (Å²) in [5.74, 6) is 0. The molecule has 35 heavy (non-hydrogen) atoms. The Kier molecular flexibility index (Phi) is 8.48. The van der Waals surface area contributed by atoms with Gasteiger partial charge >= 0.3 is 8.60 Å². The van der Waals surface area contributed by atoms with Gasteiger partial charge < -0.3 is 9.79 Å². The molecule has 0 amide bonds. The van der Waals surface area contributed by atoms with Crippen molar-refractivity contribution in [3.63, 3.8) is 0 Å². The fourth-order valence-electron chi connectivity index (χ4n) is 4.74. The van der Waals surface area contributed by atoms with Crippen LogP contribution in [0.25, 0.3) is 0 Å². The number of rotatable bonds is 4. The fraction of sp³-hybridized carbons (Fsp3) is 0.613. The largest absolute Gasteiger partial charge is 0.328 e. The number of hydrogen-bond acceptors (Lipinski definition) is 3. The zero-order valence-electron chi connectivity index (χ0n) is 24.6. The lowest BCUT2D eigenvalue weighted by Crippen LogP contribution is -2.25. The summed E-state index contributed by atoms with van der Waals surface area (Å²) in [5, 5.41) is 0. The van der Waals surface area contributed by atoms with E-state index in [1.807, 2.05) is 0 Å². The highest BCUT2D eigenvalue weighted by Gasteiger charge is 2.35. The van der Waals surface area contributed by atoms with E-state index in [-0.39, 0.29) is 21.7 Å². The molecule has 0 radical (unpaired) electrons. The maximum atomic E-state index is 10.2. The molecule has 0 aliphatic rings. The van der Waals surface area contributed by atoms with Gasteiger partial charge in [0.15, 0.2) is 0 Å². The maximum Gasteiger partial charge on any atom is 0.327 e. The molecular formula is C31H49O3P. The Hall–Kier alpha value is -1.25. The van der Waals surface area contributed by atoms with Crippen molar-refractivity contribution in [3.8, 4) is 0 Å². The third-order valence-corrected chi connectivity index (χ3v) is 7.25. The van der Waals surface area contributed by atoms with Crippen LogP contribution in [0.15, 0.2) is 24.3 Å². The quantitative estimate of drug-likeness (QED) is 0.412. The summed E-state index contributed by atoms with van der Waals surface area (Å²) in [4.78, 5) is 20.4. The van der Waals surface area contributed by atoms with Crippen LogP contribution in [0.4, 0.5) is 0 Å².